The van der Waals surface area contributed by atoms with Crippen molar-refractivity contribution in [3.05, 3.63) is 28.3 Å². The zero-order chi connectivity index (χ0) is 13.1. The van der Waals surface area contributed by atoms with Crippen LogP contribution in [0.1, 0.15) is 24.0 Å². The van der Waals surface area contributed by atoms with Crippen molar-refractivity contribution in [1.29, 1.82) is 0 Å². The van der Waals surface area contributed by atoms with Crippen LogP contribution in [-0.2, 0) is 4.79 Å². The summed E-state index contributed by atoms with van der Waals surface area (Å²) in [5, 5.41) is 3.84. The molecule has 1 aromatic carbocycles. The molecular weight excluding hydrogens is 248 g/mol. The van der Waals surface area contributed by atoms with Crippen molar-refractivity contribution in [1.82, 2.24) is 4.90 Å². The number of amides is 1. The number of aryl methyl sites for hydroxylation is 2. The smallest absolute Gasteiger partial charge is 0.241 e. The fourth-order valence-corrected chi connectivity index (χ4v) is 2.77. The lowest BCUT2D eigenvalue weighted by Gasteiger charge is -2.17. The molecule has 98 valence electrons. The number of anilines is 1. The van der Waals surface area contributed by atoms with E-state index in [1.165, 1.54) is 0 Å². The van der Waals surface area contributed by atoms with Crippen LogP contribution in [0.4, 0.5) is 5.69 Å². The van der Waals surface area contributed by atoms with Crippen LogP contribution in [0, 0.1) is 13.8 Å². The zero-order valence-corrected chi connectivity index (χ0v) is 11.7. The lowest BCUT2D eigenvalue weighted by molar-refractivity contribution is -0.128. The van der Waals surface area contributed by atoms with Crippen LogP contribution in [0.15, 0.2) is 12.1 Å². The van der Waals surface area contributed by atoms with Gasteiger partial charge in [-0.05, 0) is 43.9 Å². The van der Waals surface area contributed by atoms with Crippen LogP contribution < -0.4 is 5.32 Å². The molecule has 0 radical (unpaired) electrons. The summed E-state index contributed by atoms with van der Waals surface area (Å²) in [6.07, 6.45) is 2.24. The molecule has 0 bridgehead atoms. The Morgan fingerprint density at radius 2 is 2.00 bits per heavy atom. The second-order valence-corrected chi connectivity index (χ2v) is 5.29. The Hall–Kier alpha value is -1.22. The number of hydrogen-bond acceptors (Lipinski definition) is 2. The standard InChI is InChI=1S/C14H19ClN2O/c1-10-7-11(2)14(12(15)8-10)16-9-13(18)17-5-3-4-6-17/h7-8,16H,3-6,9H2,1-2H3. The molecule has 1 saturated heterocycles. The van der Waals surface area contributed by atoms with Gasteiger partial charge in [-0.1, -0.05) is 17.7 Å². The van der Waals surface area contributed by atoms with Gasteiger partial charge in [0.2, 0.25) is 5.91 Å². The number of nitrogens with one attached hydrogen (secondary N) is 1. The van der Waals surface area contributed by atoms with Crippen molar-refractivity contribution in [3.8, 4) is 0 Å². The highest BCUT2D eigenvalue weighted by atomic mass is 35.5. The third-order valence-corrected chi connectivity index (χ3v) is 3.60. The van der Waals surface area contributed by atoms with Gasteiger partial charge in [-0.15, -0.1) is 0 Å². The van der Waals surface area contributed by atoms with Crippen LogP contribution >= 0.6 is 11.6 Å². The molecule has 1 aliphatic rings. The number of carbonyl (C=O) groups is 1. The molecule has 1 aliphatic heterocycles. The molecule has 2 rings (SSSR count). The Kier molecular flexibility index (Phi) is 4.12. The van der Waals surface area contributed by atoms with Gasteiger partial charge in [0.1, 0.15) is 0 Å². The second kappa shape index (κ2) is 5.61. The molecule has 0 unspecified atom stereocenters. The lowest BCUT2D eigenvalue weighted by atomic mass is 10.1. The predicted molar refractivity (Wildman–Crippen MR) is 75.2 cm³/mol. The maximum absolute atomic E-state index is 11.9. The molecule has 1 aromatic rings. The van der Waals surface area contributed by atoms with E-state index < -0.39 is 0 Å². The highest BCUT2D eigenvalue weighted by Crippen LogP contribution is 2.27. The minimum atomic E-state index is 0.156. The minimum absolute atomic E-state index is 0.156. The van der Waals surface area contributed by atoms with E-state index in [9.17, 15) is 4.79 Å². The fraction of sp³-hybridized carbons (Fsp3) is 0.500. The number of nitrogens with zero attached hydrogens (tertiary/aromatic N) is 1. The van der Waals surface area contributed by atoms with Crippen molar-refractivity contribution in [2.75, 3.05) is 25.0 Å². The highest BCUT2D eigenvalue weighted by molar-refractivity contribution is 6.33. The Labute approximate surface area is 113 Å². The van der Waals surface area contributed by atoms with E-state index in [4.69, 9.17) is 11.6 Å². The Morgan fingerprint density at radius 3 is 2.61 bits per heavy atom. The van der Waals surface area contributed by atoms with E-state index in [0.717, 1.165) is 42.7 Å². The first kappa shape index (κ1) is 13.2. The van der Waals surface area contributed by atoms with E-state index in [1.54, 1.807) is 0 Å². The number of carbonyl (C=O) groups excluding carboxylic acids is 1. The van der Waals surface area contributed by atoms with Gasteiger partial charge < -0.3 is 10.2 Å². The van der Waals surface area contributed by atoms with E-state index in [2.05, 4.69) is 11.4 Å². The SMILES string of the molecule is Cc1cc(C)c(NCC(=O)N2CCCC2)c(Cl)c1. The van der Waals surface area contributed by atoms with Crippen LogP contribution in [0.5, 0.6) is 0 Å². The van der Waals surface area contributed by atoms with Crippen LogP contribution in [0.3, 0.4) is 0 Å². The molecule has 1 N–H and O–H groups in total. The number of halogens is 1. The van der Waals surface area contributed by atoms with Gasteiger partial charge in [0.05, 0.1) is 17.3 Å². The first-order chi connectivity index (χ1) is 8.58. The van der Waals surface area contributed by atoms with Crippen molar-refractivity contribution in [2.45, 2.75) is 26.7 Å². The normalized spacial score (nSPS) is 14.9. The number of benzene rings is 1. The van der Waals surface area contributed by atoms with Gasteiger partial charge in [0.25, 0.3) is 0 Å². The number of rotatable bonds is 3. The van der Waals surface area contributed by atoms with Gasteiger partial charge in [0.15, 0.2) is 0 Å². The Balaban J connectivity index is 1.99. The molecule has 1 heterocycles. The fourth-order valence-electron chi connectivity index (χ4n) is 2.38. The van der Waals surface area contributed by atoms with E-state index in [1.807, 2.05) is 24.8 Å². The third-order valence-electron chi connectivity index (χ3n) is 3.31. The van der Waals surface area contributed by atoms with Gasteiger partial charge in [-0.25, -0.2) is 0 Å². The molecule has 1 fully saturated rings. The maximum atomic E-state index is 11.9. The molecule has 0 atom stereocenters. The van der Waals surface area contributed by atoms with E-state index in [0.29, 0.717) is 11.6 Å². The van der Waals surface area contributed by atoms with Crippen LogP contribution in [0.2, 0.25) is 5.02 Å². The van der Waals surface area contributed by atoms with E-state index in [-0.39, 0.29) is 5.91 Å². The Morgan fingerprint density at radius 1 is 1.33 bits per heavy atom. The summed E-state index contributed by atoms with van der Waals surface area (Å²) in [6.45, 7) is 6.12. The highest BCUT2D eigenvalue weighted by Gasteiger charge is 2.17. The van der Waals surface area contributed by atoms with E-state index >= 15 is 0 Å². The summed E-state index contributed by atoms with van der Waals surface area (Å²) in [7, 11) is 0. The number of hydrogen-bond donors (Lipinski definition) is 1. The molecule has 0 aromatic heterocycles. The van der Waals surface area contributed by atoms with Gasteiger partial charge in [0, 0.05) is 13.1 Å². The molecular formula is C14H19ClN2O. The summed E-state index contributed by atoms with van der Waals surface area (Å²) in [4.78, 5) is 13.8. The third kappa shape index (κ3) is 2.96. The summed E-state index contributed by atoms with van der Waals surface area (Å²) in [6, 6.07) is 3.98. The van der Waals surface area contributed by atoms with Crippen molar-refractivity contribution in [3.63, 3.8) is 0 Å². The van der Waals surface area contributed by atoms with Crippen LogP contribution in [-0.4, -0.2) is 30.4 Å². The summed E-state index contributed by atoms with van der Waals surface area (Å²) < 4.78 is 0. The minimum Gasteiger partial charge on any atom is -0.375 e. The largest absolute Gasteiger partial charge is 0.375 e. The second-order valence-electron chi connectivity index (χ2n) is 4.88. The molecule has 3 nitrogen and oxygen atoms in total. The van der Waals surface area contributed by atoms with Crippen molar-refractivity contribution in [2.24, 2.45) is 0 Å². The average molecular weight is 267 g/mol. The van der Waals surface area contributed by atoms with Gasteiger partial charge in [-0.2, -0.15) is 0 Å². The summed E-state index contributed by atoms with van der Waals surface area (Å²) >= 11 is 6.19. The summed E-state index contributed by atoms with van der Waals surface area (Å²) in [5.74, 6) is 0.156. The number of likely N-dealkylation sites (tertiary alicyclic amines) is 1. The average Bonchev–Trinajstić information content (AvgIpc) is 2.80. The lowest BCUT2D eigenvalue weighted by Crippen LogP contribution is -2.33. The molecule has 4 heteroatoms. The first-order valence-corrected chi connectivity index (χ1v) is 6.74. The molecule has 0 spiro atoms. The molecule has 0 saturated carbocycles. The maximum Gasteiger partial charge on any atom is 0.241 e. The topological polar surface area (TPSA) is 32.3 Å². The van der Waals surface area contributed by atoms with Gasteiger partial charge >= 0.3 is 0 Å². The predicted octanol–water partition coefficient (Wildman–Crippen LogP) is 2.99. The monoisotopic (exact) mass is 266 g/mol. The first-order valence-electron chi connectivity index (χ1n) is 6.36. The molecule has 18 heavy (non-hydrogen) atoms. The molecule has 0 aliphatic carbocycles. The quantitative estimate of drug-likeness (QED) is 0.912. The van der Waals surface area contributed by atoms with Crippen molar-refractivity contribution < 1.29 is 4.79 Å². The zero-order valence-electron chi connectivity index (χ0n) is 10.9. The Bertz CT molecular complexity index is 430. The summed E-state index contributed by atoms with van der Waals surface area (Å²) in [5.41, 5.74) is 3.08. The van der Waals surface area contributed by atoms with Crippen LogP contribution in [0.25, 0.3) is 0 Å². The molecule has 1 amide bonds. The van der Waals surface area contributed by atoms with Gasteiger partial charge in [-0.3, -0.25) is 4.79 Å². The van der Waals surface area contributed by atoms with Crippen molar-refractivity contribution >= 4 is 23.2 Å².